The predicted molar refractivity (Wildman–Crippen MR) is 53.0 cm³/mol. The molecular formula is C10H10F2OS. The largest absolute Gasteiger partial charge is 0.300 e. The average Bonchev–Trinajstić information content (AvgIpc) is 2.01. The predicted octanol–water partition coefficient (Wildman–Crippen LogP) is 3.04. The van der Waals surface area contributed by atoms with E-state index in [1.807, 2.05) is 0 Å². The van der Waals surface area contributed by atoms with Crippen molar-refractivity contribution in [2.24, 2.45) is 0 Å². The molecule has 1 rings (SSSR count). The van der Waals surface area contributed by atoms with Crippen LogP contribution in [0, 0.1) is 0 Å². The van der Waals surface area contributed by atoms with Gasteiger partial charge in [0, 0.05) is 16.9 Å². The van der Waals surface area contributed by atoms with E-state index in [0.29, 0.717) is 5.56 Å². The summed E-state index contributed by atoms with van der Waals surface area (Å²) in [5.41, 5.74) is 0.228. The smallest absolute Gasteiger partial charge is 0.265 e. The zero-order valence-electron chi connectivity index (χ0n) is 7.63. The number of carbonyl (C=O) groups is 1. The van der Waals surface area contributed by atoms with Gasteiger partial charge in [-0.25, -0.2) is 8.78 Å². The monoisotopic (exact) mass is 216 g/mol. The Labute approximate surface area is 86.5 Å². The van der Waals surface area contributed by atoms with E-state index in [-0.39, 0.29) is 22.7 Å². The van der Waals surface area contributed by atoms with Crippen molar-refractivity contribution < 1.29 is 13.6 Å². The van der Waals surface area contributed by atoms with Gasteiger partial charge in [0.25, 0.3) is 6.43 Å². The fourth-order valence-corrected chi connectivity index (χ4v) is 1.60. The fourth-order valence-electron chi connectivity index (χ4n) is 1.27. The molecule has 0 aliphatic rings. The number of alkyl halides is 2. The van der Waals surface area contributed by atoms with Gasteiger partial charge >= 0.3 is 0 Å². The lowest BCUT2D eigenvalue weighted by Gasteiger charge is -2.09. The molecule has 0 bridgehead atoms. The molecule has 76 valence electrons. The molecule has 0 saturated carbocycles. The summed E-state index contributed by atoms with van der Waals surface area (Å²) in [6.07, 6.45) is -2.55. The number of rotatable bonds is 3. The molecule has 0 aromatic heterocycles. The normalized spacial score (nSPS) is 10.6. The van der Waals surface area contributed by atoms with Gasteiger partial charge in [-0.15, -0.1) is 12.6 Å². The number of ketones is 1. The van der Waals surface area contributed by atoms with E-state index < -0.39 is 6.43 Å². The first kappa shape index (κ1) is 11.2. The summed E-state index contributed by atoms with van der Waals surface area (Å²) >= 11 is 3.94. The number of hydrogen-bond acceptors (Lipinski definition) is 2. The number of halogens is 2. The molecular weight excluding hydrogens is 206 g/mol. The van der Waals surface area contributed by atoms with Crippen molar-refractivity contribution in [1.29, 1.82) is 0 Å². The molecule has 14 heavy (non-hydrogen) atoms. The van der Waals surface area contributed by atoms with Crippen LogP contribution in [0.5, 0.6) is 0 Å². The van der Waals surface area contributed by atoms with Gasteiger partial charge in [-0.3, -0.25) is 4.79 Å². The summed E-state index contributed by atoms with van der Waals surface area (Å²) < 4.78 is 25.2. The molecule has 0 N–H and O–H groups in total. The van der Waals surface area contributed by atoms with E-state index in [9.17, 15) is 13.6 Å². The maximum atomic E-state index is 12.6. The number of hydrogen-bond donors (Lipinski definition) is 1. The van der Waals surface area contributed by atoms with Gasteiger partial charge in [0.2, 0.25) is 0 Å². The average molecular weight is 216 g/mol. The second-order valence-electron chi connectivity index (χ2n) is 3.03. The van der Waals surface area contributed by atoms with Crippen LogP contribution in [0.25, 0.3) is 0 Å². The van der Waals surface area contributed by atoms with Crippen molar-refractivity contribution in [3.05, 3.63) is 29.3 Å². The highest BCUT2D eigenvalue weighted by Crippen LogP contribution is 2.29. The minimum absolute atomic E-state index is 0.0358. The first-order valence-corrected chi connectivity index (χ1v) is 4.55. The standard InChI is InChI=1S/C10H10F2OS/c1-6(13)5-7-3-2-4-8(14)9(7)10(11)12/h2-4,10,14H,5H2,1H3. The lowest BCUT2D eigenvalue weighted by molar-refractivity contribution is -0.116. The summed E-state index contributed by atoms with van der Waals surface area (Å²) in [5.74, 6) is -0.133. The number of thiol groups is 1. The van der Waals surface area contributed by atoms with Crippen LogP contribution in [0.2, 0.25) is 0 Å². The molecule has 0 unspecified atom stereocenters. The Kier molecular flexibility index (Phi) is 3.63. The highest BCUT2D eigenvalue weighted by Gasteiger charge is 2.16. The molecule has 4 heteroatoms. The number of carbonyl (C=O) groups excluding carboxylic acids is 1. The van der Waals surface area contributed by atoms with Crippen LogP contribution in [0.15, 0.2) is 23.1 Å². The van der Waals surface area contributed by atoms with Crippen LogP contribution in [-0.4, -0.2) is 5.78 Å². The number of benzene rings is 1. The minimum atomic E-state index is -2.59. The Hall–Kier alpha value is -0.900. The Morgan fingerprint density at radius 1 is 1.50 bits per heavy atom. The summed E-state index contributed by atoms with van der Waals surface area (Å²) in [4.78, 5) is 11.1. The zero-order valence-corrected chi connectivity index (χ0v) is 8.52. The fraction of sp³-hybridized carbons (Fsp3) is 0.300. The van der Waals surface area contributed by atoms with Crippen molar-refractivity contribution in [1.82, 2.24) is 0 Å². The Bertz CT molecular complexity index is 350. The van der Waals surface area contributed by atoms with Crippen LogP contribution in [0.3, 0.4) is 0 Å². The van der Waals surface area contributed by atoms with Gasteiger partial charge in [0.05, 0.1) is 0 Å². The third-order valence-electron chi connectivity index (χ3n) is 1.83. The summed E-state index contributed by atoms with van der Waals surface area (Å²) in [7, 11) is 0. The van der Waals surface area contributed by atoms with Crippen LogP contribution in [0.4, 0.5) is 8.78 Å². The molecule has 0 spiro atoms. The molecule has 0 atom stereocenters. The second kappa shape index (κ2) is 4.55. The van der Waals surface area contributed by atoms with Gasteiger partial charge in [0.1, 0.15) is 5.78 Å². The van der Waals surface area contributed by atoms with Crippen LogP contribution >= 0.6 is 12.6 Å². The third-order valence-corrected chi connectivity index (χ3v) is 2.22. The lowest BCUT2D eigenvalue weighted by Crippen LogP contribution is -2.02. The summed E-state index contributed by atoms with van der Waals surface area (Å²) in [5, 5.41) is 0. The Balaban J connectivity index is 3.14. The first-order chi connectivity index (χ1) is 6.52. The molecule has 1 aromatic rings. The van der Waals surface area contributed by atoms with E-state index in [1.54, 1.807) is 6.07 Å². The van der Waals surface area contributed by atoms with E-state index >= 15 is 0 Å². The first-order valence-electron chi connectivity index (χ1n) is 4.10. The van der Waals surface area contributed by atoms with Gasteiger partial charge in [-0.2, -0.15) is 0 Å². The third kappa shape index (κ3) is 2.54. The van der Waals surface area contributed by atoms with E-state index in [0.717, 1.165) is 0 Å². The highest BCUT2D eigenvalue weighted by atomic mass is 32.1. The van der Waals surface area contributed by atoms with Crippen LogP contribution in [0.1, 0.15) is 24.5 Å². The number of Topliss-reactive ketones (excluding diaryl/α,β-unsaturated/α-hetero) is 1. The van der Waals surface area contributed by atoms with Crippen molar-refractivity contribution >= 4 is 18.4 Å². The Morgan fingerprint density at radius 3 is 2.64 bits per heavy atom. The summed E-state index contributed by atoms with van der Waals surface area (Å²) in [6.45, 7) is 1.38. The van der Waals surface area contributed by atoms with Gasteiger partial charge in [0.15, 0.2) is 0 Å². The van der Waals surface area contributed by atoms with E-state index in [1.165, 1.54) is 19.1 Å². The van der Waals surface area contributed by atoms with E-state index in [2.05, 4.69) is 12.6 Å². The zero-order chi connectivity index (χ0) is 10.7. The molecule has 0 aliphatic heterocycles. The Morgan fingerprint density at radius 2 is 2.14 bits per heavy atom. The van der Waals surface area contributed by atoms with Crippen molar-refractivity contribution in [2.45, 2.75) is 24.7 Å². The van der Waals surface area contributed by atoms with E-state index in [4.69, 9.17) is 0 Å². The van der Waals surface area contributed by atoms with Crippen molar-refractivity contribution in [2.75, 3.05) is 0 Å². The molecule has 0 heterocycles. The SMILES string of the molecule is CC(=O)Cc1cccc(S)c1C(F)F. The van der Waals surface area contributed by atoms with Crippen molar-refractivity contribution in [3.8, 4) is 0 Å². The molecule has 0 fully saturated rings. The van der Waals surface area contributed by atoms with Crippen LogP contribution < -0.4 is 0 Å². The summed E-state index contributed by atoms with van der Waals surface area (Å²) in [6, 6.07) is 4.64. The molecule has 0 aliphatic carbocycles. The van der Waals surface area contributed by atoms with Crippen LogP contribution in [-0.2, 0) is 11.2 Å². The molecule has 0 saturated heterocycles. The van der Waals surface area contributed by atoms with Gasteiger partial charge < -0.3 is 0 Å². The molecule has 1 nitrogen and oxygen atoms in total. The minimum Gasteiger partial charge on any atom is -0.300 e. The molecule has 0 radical (unpaired) electrons. The molecule has 1 aromatic carbocycles. The highest BCUT2D eigenvalue weighted by molar-refractivity contribution is 7.80. The lowest BCUT2D eigenvalue weighted by atomic mass is 10.0. The van der Waals surface area contributed by atoms with Gasteiger partial charge in [-0.05, 0) is 18.6 Å². The molecule has 0 amide bonds. The maximum Gasteiger partial charge on any atom is 0.265 e. The topological polar surface area (TPSA) is 17.1 Å². The maximum absolute atomic E-state index is 12.6. The van der Waals surface area contributed by atoms with Crippen molar-refractivity contribution in [3.63, 3.8) is 0 Å². The second-order valence-corrected chi connectivity index (χ2v) is 3.51. The van der Waals surface area contributed by atoms with Gasteiger partial charge in [-0.1, -0.05) is 12.1 Å². The quantitative estimate of drug-likeness (QED) is 0.768.